The number of urea groups is 2. The van der Waals surface area contributed by atoms with Crippen molar-refractivity contribution in [3.8, 4) is 0 Å². The van der Waals surface area contributed by atoms with E-state index in [1.54, 1.807) is 14.1 Å². The number of anilines is 2. The second kappa shape index (κ2) is 19.0. The Hall–Kier alpha value is -5.89. The van der Waals surface area contributed by atoms with Crippen LogP contribution in [0.3, 0.4) is 0 Å². The quantitative estimate of drug-likeness (QED) is 0.180. The van der Waals surface area contributed by atoms with Gasteiger partial charge in [0.05, 0.1) is 0 Å². The molecule has 21 heteroatoms. The van der Waals surface area contributed by atoms with Crippen LogP contribution < -0.4 is 20.1 Å². The number of carbonyl (C=O) groups excluding carboxylic acids is 5. The van der Waals surface area contributed by atoms with Crippen molar-refractivity contribution >= 4 is 55.5 Å². The highest BCUT2D eigenvalue weighted by Crippen LogP contribution is 2.40. The van der Waals surface area contributed by atoms with Crippen LogP contribution in [0.15, 0.2) is 40.5 Å². The number of aromatic nitrogens is 4. The third-order valence-corrected chi connectivity index (χ3v) is 13.8. The fourth-order valence-electron chi connectivity index (χ4n) is 8.52. The zero-order valence-electron chi connectivity index (χ0n) is 35.5. The number of benzene rings is 2. The van der Waals surface area contributed by atoms with E-state index in [4.69, 9.17) is 9.59 Å². The van der Waals surface area contributed by atoms with Gasteiger partial charge in [-0.25, -0.2) is 19.0 Å². The normalized spacial score (nSPS) is 14.5. The van der Waals surface area contributed by atoms with Crippen molar-refractivity contribution in [3.63, 3.8) is 0 Å². The van der Waals surface area contributed by atoms with Gasteiger partial charge in [-0.1, -0.05) is 12.1 Å². The first-order valence-electron chi connectivity index (χ1n) is 20.4. The van der Waals surface area contributed by atoms with E-state index in [2.05, 4.69) is 42.4 Å². The summed E-state index contributed by atoms with van der Waals surface area (Å²) in [6.07, 6.45) is 13.5. The van der Waals surface area contributed by atoms with Crippen LogP contribution in [0, 0.1) is 0 Å². The second-order valence-electron chi connectivity index (χ2n) is 16.0. The molecule has 0 spiro atoms. The molecule has 0 saturated carbocycles. The van der Waals surface area contributed by atoms with Gasteiger partial charge in [0.2, 0.25) is 0 Å². The van der Waals surface area contributed by atoms with E-state index in [-0.39, 0.29) is 27.8 Å². The molecule has 4 aliphatic rings. The van der Waals surface area contributed by atoms with Crippen LogP contribution in [-0.2, 0) is 95.1 Å². The lowest BCUT2D eigenvalue weighted by Crippen LogP contribution is -2.35. The Kier molecular flexibility index (Phi) is 14.0. The number of hydrogen-bond acceptors (Lipinski definition) is 12. The maximum atomic E-state index is 12.9. The van der Waals surface area contributed by atoms with E-state index >= 15 is 0 Å². The summed E-state index contributed by atoms with van der Waals surface area (Å²) in [7, 11) is 0.332. The van der Waals surface area contributed by atoms with E-state index in [0.717, 1.165) is 111 Å². The molecule has 5 amide bonds. The van der Waals surface area contributed by atoms with Crippen LogP contribution in [-0.4, -0.2) is 105 Å². The molecule has 0 bridgehead atoms. The molecule has 332 valence electrons. The average molecular weight is 893 g/mol. The molecule has 19 nitrogen and oxygen atoms in total. The number of sulfonamides is 2. The lowest BCUT2D eigenvalue weighted by Gasteiger charge is -2.19. The molecule has 0 radical (unpaired) electrons. The summed E-state index contributed by atoms with van der Waals surface area (Å²) in [6, 6.07) is 5.50. The summed E-state index contributed by atoms with van der Waals surface area (Å²) in [4.78, 5) is 57.6. The number of likely N-dealkylation sites (N-methyl/N-ethyl adjacent to an activating group) is 2. The molecule has 2 aromatic heterocycles. The van der Waals surface area contributed by atoms with Crippen LogP contribution in [0.1, 0.15) is 80.7 Å². The lowest BCUT2D eigenvalue weighted by atomic mass is 9.99. The highest BCUT2D eigenvalue weighted by Gasteiger charge is 2.30. The Bertz CT molecular complexity index is 2580. The Labute approximate surface area is 360 Å². The highest BCUT2D eigenvalue weighted by molar-refractivity contribution is 7.90. The minimum atomic E-state index is -4.27. The molecule has 62 heavy (non-hydrogen) atoms. The lowest BCUT2D eigenvalue weighted by molar-refractivity contribution is -0.191. The largest absolute Gasteiger partial charge is 0.373 e. The van der Waals surface area contributed by atoms with Crippen molar-refractivity contribution in [1.29, 1.82) is 0 Å². The summed E-state index contributed by atoms with van der Waals surface area (Å²) in [6.45, 7) is 1.14. The Balaban J connectivity index is 0.000000202. The zero-order chi connectivity index (χ0) is 44.9. The van der Waals surface area contributed by atoms with Gasteiger partial charge in [-0.15, -0.1) is 0 Å². The van der Waals surface area contributed by atoms with E-state index in [9.17, 15) is 31.2 Å². The Morgan fingerprint density at radius 2 is 1.06 bits per heavy atom. The van der Waals surface area contributed by atoms with Gasteiger partial charge >= 0.3 is 18.2 Å². The third kappa shape index (κ3) is 10.2. The summed E-state index contributed by atoms with van der Waals surface area (Å²) < 4.78 is 57.0. The Morgan fingerprint density at radius 3 is 1.45 bits per heavy atom. The van der Waals surface area contributed by atoms with Crippen LogP contribution in [0.25, 0.3) is 0 Å². The molecule has 2 aromatic carbocycles. The number of carbonyl (C=O) groups is 3. The predicted octanol–water partition coefficient (Wildman–Crippen LogP) is 2.87. The number of amides is 5. The smallest absolute Gasteiger partial charge is 0.339 e. The molecular weight excluding hydrogens is 841 g/mol. The average Bonchev–Trinajstić information content (AvgIpc) is 4.06. The van der Waals surface area contributed by atoms with E-state index in [1.807, 2.05) is 19.0 Å². The van der Waals surface area contributed by atoms with Gasteiger partial charge in [-0.05, 0) is 142 Å². The van der Waals surface area contributed by atoms with E-state index in [0.29, 0.717) is 13.1 Å². The van der Waals surface area contributed by atoms with Crippen molar-refractivity contribution in [2.24, 2.45) is 14.1 Å². The summed E-state index contributed by atoms with van der Waals surface area (Å²) in [5.41, 5.74) is 11.3. The third-order valence-electron chi connectivity index (χ3n) is 11.4. The van der Waals surface area contributed by atoms with Crippen molar-refractivity contribution in [2.45, 2.75) is 87.1 Å². The molecule has 2 heterocycles. The van der Waals surface area contributed by atoms with Gasteiger partial charge in [-0.3, -0.25) is 14.2 Å². The molecule has 8 rings (SSSR count). The number of nitrogens with zero attached hydrogens (tertiary/aromatic N) is 6. The number of rotatable bonds is 10. The molecule has 0 aliphatic heterocycles. The molecule has 0 fully saturated rings. The minimum Gasteiger partial charge on any atom is -0.339 e. The fourth-order valence-corrected chi connectivity index (χ4v) is 10.3. The van der Waals surface area contributed by atoms with Crippen LogP contribution in [0.5, 0.6) is 0 Å². The Morgan fingerprint density at radius 1 is 0.645 bits per heavy atom. The first kappa shape index (κ1) is 45.6. The van der Waals surface area contributed by atoms with Crippen molar-refractivity contribution in [3.05, 3.63) is 80.7 Å². The highest BCUT2D eigenvalue weighted by atomic mass is 32.2. The summed E-state index contributed by atoms with van der Waals surface area (Å²) in [5, 5.41) is 12.9. The molecular formula is C41H52N10O9S2. The molecule has 0 atom stereocenters. The fraction of sp³-hybridized carbons (Fsp3) is 0.463. The van der Waals surface area contributed by atoms with Crippen LogP contribution in [0.4, 0.5) is 21.0 Å². The van der Waals surface area contributed by atoms with Crippen molar-refractivity contribution < 1.29 is 40.8 Å². The number of hydrogen-bond donors (Lipinski definition) is 4. The summed E-state index contributed by atoms with van der Waals surface area (Å²) >= 11 is 0. The van der Waals surface area contributed by atoms with Crippen LogP contribution >= 0.6 is 0 Å². The van der Waals surface area contributed by atoms with Gasteiger partial charge in [-0.2, -0.15) is 36.6 Å². The van der Waals surface area contributed by atoms with Crippen molar-refractivity contribution in [2.75, 3.05) is 44.9 Å². The monoisotopic (exact) mass is 892 g/mol. The van der Waals surface area contributed by atoms with Gasteiger partial charge in [0.15, 0.2) is 10.1 Å². The number of fused-ring (bicyclic) bond motifs is 4. The standard InChI is InChI=1S/C23H32N6O4S.C17H20N4O3S.CO2/c1-27(2)11-12-28(3)22(30)19-14-20(25-29(19)4)34(32,33)26-23(31)24-21-17-9-5-7-15(17)13-16-8-6-10-18(16)21;1-21-9-8-15(19-21)25(23,24)20-17(22)18-16-13-6-2-4-11(13)10-12-5-3-7-14(12)16;2-1-3/h13-14H,5-12H2,1-4H3,(H2,24,26,31);8-10H,2-7H2,1H3,(H2,18,20,22);. The first-order valence-corrected chi connectivity index (χ1v) is 23.3. The first-order chi connectivity index (χ1) is 29.4. The van der Waals surface area contributed by atoms with Gasteiger partial charge in [0.1, 0.15) is 5.69 Å². The number of nitrogens with one attached hydrogen (secondary N) is 4. The molecule has 4 aliphatic carbocycles. The van der Waals surface area contributed by atoms with E-state index < -0.39 is 32.1 Å². The number of aryl methyl sites for hydroxylation is 6. The topological polar surface area (TPSA) is 244 Å². The van der Waals surface area contributed by atoms with Gasteiger partial charge < -0.3 is 20.4 Å². The van der Waals surface area contributed by atoms with Crippen LogP contribution in [0.2, 0.25) is 0 Å². The zero-order valence-corrected chi connectivity index (χ0v) is 37.1. The molecule has 0 unspecified atom stereocenters. The second-order valence-corrected chi connectivity index (χ2v) is 19.3. The molecule has 0 saturated heterocycles. The maximum Gasteiger partial charge on any atom is 0.373 e. The van der Waals surface area contributed by atoms with Crippen molar-refractivity contribution in [1.82, 2.24) is 38.8 Å². The van der Waals surface area contributed by atoms with Gasteiger partial charge in [0, 0.05) is 57.9 Å². The van der Waals surface area contributed by atoms with E-state index in [1.165, 1.54) is 61.9 Å². The minimum absolute atomic E-state index is 0.126. The maximum absolute atomic E-state index is 12.9. The molecule has 4 N–H and O–H groups in total. The molecule has 4 aromatic rings. The predicted molar refractivity (Wildman–Crippen MR) is 227 cm³/mol. The summed E-state index contributed by atoms with van der Waals surface area (Å²) in [5.74, 6) is -0.349. The van der Waals surface area contributed by atoms with Gasteiger partial charge in [0.25, 0.3) is 26.0 Å². The SMILES string of the molecule is CN(C)CCN(C)C(=O)c1cc(S(=O)(=O)NC(=O)Nc2c3c(cc4c2CCC4)CCC3)nn1C.Cn1ccc(S(=O)(=O)NC(=O)Nc2c3c(cc4c2CCC4)CCC3)n1.O=C=O.